The van der Waals surface area contributed by atoms with Crippen molar-refractivity contribution in [2.24, 2.45) is 0 Å². The molecule has 204 valence electrons. The summed E-state index contributed by atoms with van der Waals surface area (Å²) in [6.45, 7) is 7.82. The van der Waals surface area contributed by atoms with Gasteiger partial charge in [-0.2, -0.15) is 0 Å². The summed E-state index contributed by atoms with van der Waals surface area (Å²) in [6.07, 6.45) is 1.11. The van der Waals surface area contributed by atoms with Crippen LogP contribution in [0.15, 0.2) is 36.8 Å². The Hall–Kier alpha value is -0.330. The molecule has 14 N–H and O–H groups in total. The van der Waals surface area contributed by atoms with Gasteiger partial charge in [0.25, 0.3) is 6.47 Å². The maximum Gasteiger partial charge on any atom is 1.00 e. The molecule has 34 heavy (non-hydrogen) atoms. The summed E-state index contributed by atoms with van der Waals surface area (Å²) in [4.78, 5) is 11.2. The number of aliphatic hydroxyl groups is 2. The van der Waals surface area contributed by atoms with Crippen LogP contribution in [0.1, 0.15) is 29.1 Å². The molecule has 0 radical (unpaired) electrons. The van der Waals surface area contributed by atoms with E-state index in [1.165, 1.54) is 18.2 Å². The molecule has 0 saturated heterocycles. The molecular formula is C15H41ClNa2O15P+. The van der Waals surface area contributed by atoms with Gasteiger partial charge in [-0.1, -0.05) is 33.8 Å². The van der Waals surface area contributed by atoms with Gasteiger partial charge in [-0.15, -0.1) is 12.4 Å². The summed E-state index contributed by atoms with van der Waals surface area (Å²) in [5.41, 5.74) is 0. The Balaban J connectivity index is -0.0000000104. The third-order valence-electron chi connectivity index (χ3n) is 0.936. The molecule has 15 nitrogen and oxygen atoms in total. The number of carbonyl (C=O) groups is 1. The van der Waals surface area contributed by atoms with E-state index in [0.29, 0.717) is 12.5 Å². The first-order chi connectivity index (χ1) is 12.4. The van der Waals surface area contributed by atoms with Crippen LogP contribution in [0.2, 0.25) is 0 Å². The van der Waals surface area contributed by atoms with Crippen molar-refractivity contribution >= 4 is 27.2 Å². The fourth-order valence-corrected chi connectivity index (χ4v) is 0.493. The topological polar surface area (TPSA) is 331 Å². The van der Waals surface area contributed by atoms with Gasteiger partial charge in [0.05, 0.1) is 0 Å². The van der Waals surface area contributed by atoms with Gasteiger partial charge < -0.3 is 64.1 Å². The van der Waals surface area contributed by atoms with Gasteiger partial charge >= 0.3 is 76.6 Å². The number of aliphatic hydroxyl groups excluding tert-OH is 2. The minimum absolute atomic E-state index is 0. The minimum atomic E-state index is -1.08. The van der Waals surface area contributed by atoms with Crippen LogP contribution >= 0.6 is 20.7 Å². The Kier molecular flexibility index (Phi) is 365. The minimum Gasteiger partial charge on any atom is -1.00 e. The second kappa shape index (κ2) is 133. The van der Waals surface area contributed by atoms with E-state index in [9.17, 15) is 0 Å². The van der Waals surface area contributed by atoms with E-state index in [1.807, 2.05) is 27.7 Å². The molecule has 0 aliphatic carbocycles. The number of aromatic hydroxyl groups is 2. The fraction of sp³-hybridized carbons (Fsp3) is 0.400. The zero-order chi connectivity index (χ0) is 22.2. The Labute approximate surface area is 253 Å². The van der Waals surface area contributed by atoms with Gasteiger partial charge in [-0.3, -0.25) is 4.79 Å². The molecule has 1 aromatic carbocycles. The second-order valence-corrected chi connectivity index (χ2v) is 2.64. The van der Waals surface area contributed by atoms with Gasteiger partial charge in [0.2, 0.25) is 0 Å². The first-order valence-corrected chi connectivity index (χ1v) is 7.67. The van der Waals surface area contributed by atoms with Gasteiger partial charge in [0, 0.05) is 20.3 Å². The number of rotatable bonds is 1. The maximum absolute atomic E-state index is 8.65. The number of hydrogen-bond acceptors (Lipinski definition) is 10. The summed E-state index contributed by atoms with van der Waals surface area (Å²) in [7, 11) is 2.17. The van der Waals surface area contributed by atoms with Gasteiger partial charge in [-0.05, 0) is 12.1 Å². The van der Waals surface area contributed by atoms with Gasteiger partial charge in [-0.25, -0.2) is 0 Å². The number of carbonyl (C=O) groups excluding carboxylic acids is 1. The van der Waals surface area contributed by atoms with Crippen molar-refractivity contribution in [3.05, 3.63) is 36.8 Å². The van der Waals surface area contributed by atoms with E-state index in [2.05, 4.69) is 9.62 Å². The first-order valence-electron chi connectivity index (χ1n) is 6.94. The summed E-state index contributed by atoms with van der Waals surface area (Å²) in [6, 6.07) is 5.85. The monoisotopic (exact) mass is 573 g/mol. The Morgan fingerprint density at radius 1 is 0.853 bits per heavy atom. The summed E-state index contributed by atoms with van der Waals surface area (Å²) in [5, 5.41) is 40.6. The summed E-state index contributed by atoms with van der Waals surface area (Å²) < 4.78 is 20.9. The molecule has 0 bridgehead atoms. The average Bonchev–Trinajstić information content (AvgIpc) is 2.66. The van der Waals surface area contributed by atoms with E-state index >= 15 is 0 Å². The standard InChI is InChI=1S/C6H6O2.C2H4O2.C2H6O.2C2H6.CH2O3.ClH.2Na.O2P.5H2O.H/c7-5-2-1-3-6(8)4-5;3-1-2-4;1-3-2;2*1-2;2-1-4-3;;;;1-3-2;;;;;;/h1-4,7-8H;1-4H;1-2H3;2*1-2H3;1,3H;1H;;;;5*1H2;/q;;;;;;;3*+1;;;;;;-1/p-1/b;2-1+;;;;;;;;;;;;;;. The van der Waals surface area contributed by atoms with E-state index in [0.717, 1.165) is 0 Å². The molecule has 0 spiro atoms. The predicted octanol–water partition coefficient (Wildman–Crippen LogP) is -6.54. The number of phenolic OH excluding ortho intramolecular Hbond substituents is 2. The number of methoxy groups -OCH3 is 1. The largest absolute Gasteiger partial charge is 1.00 e. The van der Waals surface area contributed by atoms with Crippen LogP contribution in [-0.4, -0.2) is 68.5 Å². The Morgan fingerprint density at radius 3 is 1.09 bits per heavy atom. The molecule has 0 amide bonds. The number of benzene rings is 1. The molecule has 0 fully saturated rings. The molecular weight excluding hydrogens is 533 g/mol. The molecule has 0 aliphatic rings. The molecule has 0 aromatic heterocycles. The Morgan fingerprint density at radius 2 is 1.03 bits per heavy atom. The predicted molar refractivity (Wildman–Crippen MR) is 122 cm³/mol. The third-order valence-corrected chi connectivity index (χ3v) is 0.936. The number of ether oxygens (including phenoxy) is 1. The van der Waals surface area contributed by atoms with Crippen LogP contribution < -0.4 is 64.4 Å². The van der Waals surface area contributed by atoms with Crippen molar-refractivity contribution in [2.45, 2.75) is 27.7 Å². The van der Waals surface area contributed by atoms with Gasteiger partial charge in [0.1, 0.15) is 24.0 Å². The number of halogens is 1. The van der Waals surface area contributed by atoms with Gasteiger partial charge in [0.15, 0.2) is 0 Å². The van der Waals surface area contributed by atoms with Crippen LogP contribution in [0.25, 0.3) is 0 Å². The van der Waals surface area contributed by atoms with Crippen LogP contribution in [-0.2, 0) is 23.5 Å². The smallest absolute Gasteiger partial charge is 1.00 e. The molecule has 0 unspecified atom stereocenters. The van der Waals surface area contributed by atoms with E-state index < -0.39 is 8.34 Å². The molecule has 0 saturated carbocycles. The van der Waals surface area contributed by atoms with Crippen LogP contribution in [0.3, 0.4) is 0 Å². The number of phenols is 2. The third kappa shape index (κ3) is 219. The summed E-state index contributed by atoms with van der Waals surface area (Å²) in [5.74, 6) is 0.176. The molecule has 0 aliphatic heterocycles. The Bertz CT molecular complexity index is 402. The fourth-order valence-electron chi connectivity index (χ4n) is 0.493. The van der Waals surface area contributed by atoms with E-state index in [4.69, 9.17) is 39.6 Å². The van der Waals surface area contributed by atoms with Crippen LogP contribution in [0.4, 0.5) is 0 Å². The van der Waals surface area contributed by atoms with Crippen molar-refractivity contribution in [3.8, 4) is 11.5 Å². The van der Waals surface area contributed by atoms with Crippen molar-refractivity contribution in [1.29, 1.82) is 0 Å². The van der Waals surface area contributed by atoms with E-state index in [1.54, 1.807) is 20.3 Å². The van der Waals surface area contributed by atoms with E-state index in [-0.39, 0.29) is 118 Å². The molecule has 0 heterocycles. The van der Waals surface area contributed by atoms with Crippen molar-refractivity contribution in [3.63, 3.8) is 0 Å². The SMILES string of the molecule is CC.CC.COC.Cl.O.O.O.O.O.O/C=C/O.O=CO[O-].O=[P+]=O.Oc1cccc(O)c1.[H-].[Na+].[Na+]. The molecule has 1 aromatic rings. The first kappa shape index (κ1) is 92.9. The zero-order valence-electron chi connectivity index (χ0n) is 21.6. The number of hydrogen-bond donors (Lipinski definition) is 4. The van der Waals surface area contributed by atoms with Crippen LogP contribution in [0.5, 0.6) is 11.5 Å². The maximum atomic E-state index is 8.65. The normalized spacial score (nSPS) is 4.91. The average molecular weight is 574 g/mol. The van der Waals surface area contributed by atoms with Crippen molar-refractivity contribution < 1.29 is 137 Å². The summed E-state index contributed by atoms with van der Waals surface area (Å²) >= 11 is 0. The van der Waals surface area contributed by atoms with Crippen molar-refractivity contribution in [1.82, 2.24) is 0 Å². The zero-order valence-corrected chi connectivity index (χ0v) is 26.3. The van der Waals surface area contributed by atoms with Crippen LogP contribution in [0, 0.1) is 0 Å². The molecule has 0 atom stereocenters. The second-order valence-electron chi connectivity index (χ2n) is 2.49. The molecule has 1 rings (SSSR count). The van der Waals surface area contributed by atoms with Crippen molar-refractivity contribution in [2.75, 3.05) is 14.2 Å². The molecule has 19 heteroatoms. The quantitative estimate of drug-likeness (QED) is 0.0614.